The van der Waals surface area contributed by atoms with E-state index in [1.807, 2.05) is 0 Å². The topological polar surface area (TPSA) is 25.4 Å². The molecular weight excluding hydrogens is 313 g/mol. The average Bonchev–Trinajstić information content (AvgIpc) is 2.96. The number of halogens is 3. The van der Waals surface area contributed by atoms with Crippen LogP contribution in [0.25, 0.3) is 10.6 Å². The van der Waals surface area contributed by atoms with Gasteiger partial charge in [0.15, 0.2) is 0 Å². The van der Waals surface area contributed by atoms with Gasteiger partial charge in [-0.2, -0.15) is 13.2 Å². The van der Waals surface area contributed by atoms with Crippen LogP contribution in [0, 0.1) is 6.07 Å². The summed E-state index contributed by atoms with van der Waals surface area (Å²) < 4.78 is 44.4. The van der Waals surface area contributed by atoms with Gasteiger partial charge in [0.25, 0.3) is 0 Å². The number of hydrogen-bond acceptors (Lipinski definition) is 4. The fourth-order valence-corrected chi connectivity index (χ4v) is 3.32. The lowest BCUT2D eigenvalue weighted by Crippen LogP contribution is -2.35. The summed E-state index contributed by atoms with van der Waals surface area (Å²) in [5.74, 6) is 0. The lowest BCUT2D eigenvalue weighted by molar-refractivity contribution is -0.137. The highest BCUT2D eigenvalue weighted by atomic mass is 32.1. The fourth-order valence-electron chi connectivity index (χ4n) is 2.33. The molecule has 1 aromatic carbocycles. The van der Waals surface area contributed by atoms with Crippen molar-refractivity contribution in [2.24, 2.45) is 0 Å². The molecule has 0 saturated carbocycles. The number of rotatable bonds is 3. The molecule has 1 saturated heterocycles. The van der Waals surface area contributed by atoms with Gasteiger partial charge < -0.3 is 4.74 Å². The highest BCUT2D eigenvalue weighted by molar-refractivity contribution is 7.15. The maximum absolute atomic E-state index is 13.0. The predicted molar refractivity (Wildman–Crippen MR) is 77.5 cm³/mol. The van der Waals surface area contributed by atoms with Crippen LogP contribution in [0.15, 0.2) is 24.4 Å². The molecule has 1 fully saturated rings. The molecule has 117 valence electrons. The van der Waals surface area contributed by atoms with Crippen molar-refractivity contribution in [2.75, 3.05) is 26.3 Å². The van der Waals surface area contributed by atoms with Crippen molar-refractivity contribution in [3.63, 3.8) is 0 Å². The molecule has 1 radical (unpaired) electrons. The van der Waals surface area contributed by atoms with E-state index in [1.165, 1.54) is 23.5 Å². The molecular formula is C15H14F3N2OS. The van der Waals surface area contributed by atoms with Crippen LogP contribution < -0.4 is 0 Å². The van der Waals surface area contributed by atoms with E-state index >= 15 is 0 Å². The van der Waals surface area contributed by atoms with Crippen LogP contribution in [0.4, 0.5) is 13.2 Å². The number of hydrogen-bond donors (Lipinski definition) is 0. The van der Waals surface area contributed by atoms with Gasteiger partial charge in [0, 0.05) is 36.3 Å². The van der Waals surface area contributed by atoms with Gasteiger partial charge >= 0.3 is 6.18 Å². The Hall–Kier alpha value is -1.44. The summed E-state index contributed by atoms with van der Waals surface area (Å²) in [6, 6.07) is 6.54. The first-order valence-corrected chi connectivity index (χ1v) is 7.69. The molecule has 0 N–H and O–H groups in total. The third kappa shape index (κ3) is 3.48. The molecule has 1 aromatic heterocycles. The van der Waals surface area contributed by atoms with E-state index < -0.39 is 11.7 Å². The third-order valence-electron chi connectivity index (χ3n) is 3.41. The zero-order valence-corrected chi connectivity index (χ0v) is 12.5. The molecule has 0 aliphatic carbocycles. The first-order valence-electron chi connectivity index (χ1n) is 6.87. The van der Waals surface area contributed by atoms with Gasteiger partial charge in [0.2, 0.25) is 0 Å². The molecule has 1 aliphatic heterocycles. The molecule has 0 bridgehead atoms. The standard InChI is InChI=1S/C15H14F3N2OS/c16-15(17,18)13-4-2-1-3-12(13)14-19-9-11(22-14)10-20-5-7-21-8-6-20/h1-3,9H,5-8,10H2. The lowest BCUT2D eigenvalue weighted by atomic mass is 10.1. The second-order valence-corrected chi connectivity index (χ2v) is 6.09. The molecule has 3 nitrogen and oxygen atoms in total. The Morgan fingerprint density at radius 1 is 1.32 bits per heavy atom. The number of nitrogens with zero attached hydrogens (tertiary/aromatic N) is 2. The smallest absolute Gasteiger partial charge is 0.379 e. The van der Waals surface area contributed by atoms with Crippen LogP contribution in [-0.4, -0.2) is 36.2 Å². The third-order valence-corrected chi connectivity index (χ3v) is 4.42. The van der Waals surface area contributed by atoms with Crippen molar-refractivity contribution in [2.45, 2.75) is 12.7 Å². The van der Waals surface area contributed by atoms with E-state index in [-0.39, 0.29) is 5.56 Å². The van der Waals surface area contributed by atoms with Crippen LogP contribution in [0.2, 0.25) is 0 Å². The van der Waals surface area contributed by atoms with E-state index in [9.17, 15) is 13.2 Å². The second kappa shape index (κ2) is 6.36. The number of aromatic nitrogens is 1. The number of morpholine rings is 1. The molecule has 0 spiro atoms. The largest absolute Gasteiger partial charge is 0.417 e. The van der Waals surface area contributed by atoms with E-state index in [2.05, 4.69) is 16.0 Å². The van der Waals surface area contributed by atoms with Crippen LogP contribution in [0.1, 0.15) is 10.4 Å². The van der Waals surface area contributed by atoms with Gasteiger partial charge in [0.1, 0.15) is 5.01 Å². The minimum absolute atomic E-state index is 0.0910. The molecule has 22 heavy (non-hydrogen) atoms. The lowest BCUT2D eigenvalue weighted by Gasteiger charge is -2.25. The number of thiazole rings is 1. The summed E-state index contributed by atoms with van der Waals surface area (Å²) in [5.41, 5.74) is -0.671. The molecule has 7 heteroatoms. The Morgan fingerprint density at radius 2 is 2.09 bits per heavy atom. The van der Waals surface area contributed by atoms with E-state index in [1.54, 1.807) is 12.3 Å². The maximum Gasteiger partial charge on any atom is 0.417 e. The zero-order valence-electron chi connectivity index (χ0n) is 11.7. The first-order chi connectivity index (χ1) is 10.5. The van der Waals surface area contributed by atoms with Crippen LogP contribution >= 0.6 is 11.3 Å². The highest BCUT2D eigenvalue weighted by Gasteiger charge is 2.34. The molecule has 2 heterocycles. The number of alkyl halides is 3. The molecule has 0 amide bonds. The summed E-state index contributed by atoms with van der Waals surface area (Å²) in [6.07, 6.45) is -2.77. The van der Waals surface area contributed by atoms with Crippen LogP contribution in [-0.2, 0) is 17.5 Å². The minimum Gasteiger partial charge on any atom is -0.379 e. The second-order valence-electron chi connectivity index (χ2n) is 4.98. The number of ether oxygens (including phenoxy) is 1. The Morgan fingerprint density at radius 3 is 2.82 bits per heavy atom. The van der Waals surface area contributed by atoms with Crippen LogP contribution in [0.5, 0.6) is 0 Å². The quantitative estimate of drug-likeness (QED) is 0.863. The summed E-state index contributed by atoms with van der Waals surface area (Å²) in [6.45, 7) is 3.74. The highest BCUT2D eigenvalue weighted by Crippen LogP contribution is 2.38. The van der Waals surface area contributed by atoms with E-state index in [0.29, 0.717) is 24.8 Å². The van der Waals surface area contributed by atoms with Crippen molar-refractivity contribution in [1.29, 1.82) is 0 Å². The fraction of sp³-hybridized carbons (Fsp3) is 0.400. The zero-order chi connectivity index (χ0) is 15.6. The Balaban J connectivity index is 1.82. The molecule has 0 atom stereocenters. The Bertz CT molecular complexity index is 636. The van der Waals surface area contributed by atoms with E-state index in [4.69, 9.17) is 4.74 Å². The monoisotopic (exact) mass is 327 g/mol. The summed E-state index contributed by atoms with van der Waals surface area (Å²) in [4.78, 5) is 7.33. The van der Waals surface area contributed by atoms with Crippen molar-refractivity contribution in [3.05, 3.63) is 40.9 Å². The maximum atomic E-state index is 13.0. The van der Waals surface area contributed by atoms with Gasteiger partial charge in [-0.15, -0.1) is 11.3 Å². The first kappa shape index (κ1) is 15.5. The average molecular weight is 327 g/mol. The summed E-state index contributed by atoms with van der Waals surface area (Å²) >= 11 is 1.30. The van der Waals surface area contributed by atoms with Crippen molar-refractivity contribution < 1.29 is 17.9 Å². The van der Waals surface area contributed by atoms with Crippen molar-refractivity contribution in [1.82, 2.24) is 9.88 Å². The summed E-state index contributed by atoms with van der Waals surface area (Å²) in [5, 5.41) is 0.382. The molecule has 0 unspecified atom stereocenters. The molecule has 2 aromatic rings. The summed E-state index contributed by atoms with van der Waals surface area (Å²) in [7, 11) is 0. The number of benzene rings is 1. The van der Waals surface area contributed by atoms with Gasteiger partial charge in [0.05, 0.1) is 18.8 Å². The van der Waals surface area contributed by atoms with Crippen molar-refractivity contribution >= 4 is 11.3 Å². The van der Waals surface area contributed by atoms with Crippen LogP contribution in [0.3, 0.4) is 0 Å². The molecule has 1 aliphatic rings. The predicted octanol–water partition coefficient (Wildman–Crippen LogP) is 3.46. The van der Waals surface area contributed by atoms with Gasteiger partial charge in [-0.25, -0.2) is 4.98 Å². The van der Waals surface area contributed by atoms with Gasteiger partial charge in [-0.1, -0.05) is 18.2 Å². The Kier molecular flexibility index (Phi) is 4.46. The van der Waals surface area contributed by atoms with Gasteiger partial charge in [-0.3, -0.25) is 4.90 Å². The SMILES string of the molecule is FC(F)(F)c1[c]cccc1-c1ncc(CN2CCOCC2)s1. The van der Waals surface area contributed by atoms with Crippen molar-refractivity contribution in [3.8, 4) is 10.6 Å². The van der Waals surface area contributed by atoms with Gasteiger partial charge in [-0.05, 0) is 6.07 Å². The molecule has 3 rings (SSSR count). The van der Waals surface area contributed by atoms with E-state index in [0.717, 1.165) is 18.0 Å². The minimum atomic E-state index is -4.42. The normalized spacial score (nSPS) is 16.9. The Labute approximate surface area is 130 Å².